The third kappa shape index (κ3) is 5.57. The maximum Gasteiger partial charge on any atom is 0.225 e. The van der Waals surface area contributed by atoms with E-state index in [4.69, 9.17) is 4.74 Å². The number of Topliss-reactive ketones (excluding diaryl/α,β-unsaturated/α-hetero) is 1. The Morgan fingerprint density at radius 1 is 1.03 bits per heavy atom. The van der Waals surface area contributed by atoms with Gasteiger partial charge in [-0.25, -0.2) is 4.39 Å². The Balaban J connectivity index is 1.46. The summed E-state index contributed by atoms with van der Waals surface area (Å²) in [5.41, 5.74) is 1.60. The highest BCUT2D eigenvalue weighted by Crippen LogP contribution is 2.29. The summed E-state index contributed by atoms with van der Waals surface area (Å²) < 4.78 is 18.8. The van der Waals surface area contributed by atoms with Crippen molar-refractivity contribution in [2.75, 3.05) is 32.8 Å². The van der Waals surface area contributed by atoms with Gasteiger partial charge in [0.2, 0.25) is 5.91 Å². The van der Waals surface area contributed by atoms with E-state index in [9.17, 15) is 14.0 Å². The highest BCUT2D eigenvalue weighted by molar-refractivity contribution is 6.01. The van der Waals surface area contributed by atoms with Crippen LogP contribution in [0.2, 0.25) is 0 Å². The van der Waals surface area contributed by atoms with Gasteiger partial charge in [-0.3, -0.25) is 14.5 Å². The number of carbonyl (C=O) groups is 2. The lowest BCUT2D eigenvalue weighted by atomic mass is 9.87. The highest BCUT2D eigenvalue weighted by atomic mass is 19.1. The first-order valence-electron chi connectivity index (χ1n) is 11.0. The Kier molecular flexibility index (Phi) is 7.10. The molecule has 2 fully saturated rings. The van der Waals surface area contributed by atoms with E-state index in [0.29, 0.717) is 44.3 Å². The number of ether oxygens (including phenoxy) is 1. The van der Waals surface area contributed by atoms with Gasteiger partial charge in [-0.05, 0) is 48.6 Å². The van der Waals surface area contributed by atoms with Crippen LogP contribution in [0.3, 0.4) is 0 Å². The molecule has 6 heteroatoms. The minimum absolute atomic E-state index is 0.0819. The first-order chi connectivity index (χ1) is 15.1. The monoisotopic (exact) mass is 424 g/mol. The molecule has 2 aromatic rings. The molecule has 0 aliphatic carbocycles. The van der Waals surface area contributed by atoms with Crippen LogP contribution < -0.4 is 5.32 Å². The van der Waals surface area contributed by atoms with E-state index in [1.165, 1.54) is 24.3 Å². The Hall–Kier alpha value is -2.57. The molecule has 2 saturated heterocycles. The lowest BCUT2D eigenvalue weighted by molar-refractivity contribution is -0.125. The predicted molar refractivity (Wildman–Crippen MR) is 116 cm³/mol. The largest absolute Gasteiger partial charge is 0.381 e. The Bertz CT molecular complexity index is 881. The number of carbonyl (C=O) groups excluding carboxylic acids is 2. The topological polar surface area (TPSA) is 58.6 Å². The molecule has 0 unspecified atom stereocenters. The zero-order chi connectivity index (χ0) is 21.6. The maximum atomic E-state index is 13.3. The van der Waals surface area contributed by atoms with Gasteiger partial charge in [-0.1, -0.05) is 30.3 Å². The molecule has 0 radical (unpaired) electrons. The molecule has 1 amide bonds. The summed E-state index contributed by atoms with van der Waals surface area (Å²) in [7, 11) is 0. The molecule has 2 aromatic carbocycles. The summed E-state index contributed by atoms with van der Waals surface area (Å²) in [6.07, 6.45) is 2.06. The van der Waals surface area contributed by atoms with Crippen molar-refractivity contribution >= 4 is 11.7 Å². The fraction of sp³-hybridized carbons (Fsp3) is 0.440. The van der Waals surface area contributed by atoms with E-state index in [-0.39, 0.29) is 17.5 Å². The summed E-state index contributed by atoms with van der Waals surface area (Å²) >= 11 is 0. The van der Waals surface area contributed by atoms with Crippen LogP contribution in [0.1, 0.15) is 28.8 Å². The van der Waals surface area contributed by atoms with Crippen LogP contribution >= 0.6 is 0 Å². The number of ketones is 1. The van der Waals surface area contributed by atoms with E-state index in [1.54, 1.807) is 0 Å². The number of rotatable bonds is 7. The fourth-order valence-corrected chi connectivity index (χ4v) is 4.56. The first kappa shape index (κ1) is 21.7. The van der Waals surface area contributed by atoms with Crippen molar-refractivity contribution in [3.8, 4) is 0 Å². The molecule has 1 N–H and O–H groups in total. The van der Waals surface area contributed by atoms with E-state index in [0.717, 1.165) is 25.0 Å². The smallest absolute Gasteiger partial charge is 0.225 e. The second-order valence-electron chi connectivity index (χ2n) is 8.59. The summed E-state index contributed by atoms with van der Waals surface area (Å²) in [5, 5.41) is 3.07. The second kappa shape index (κ2) is 10.2. The summed E-state index contributed by atoms with van der Waals surface area (Å²) in [5.74, 6) is -1.11. The van der Waals surface area contributed by atoms with Gasteiger partial charge in [0.1, 0.15) is 5.82 Å². The predicted octanol–water partition coefficient (Wildman–Crippen LogP) is 3.30. The Morgan fingerprint density at radius 3 is 2.48 bits per heavy atom. The van der Waals surface area contributed by atoms with Gasteiger partial charge in [-0.15, -0.1) is 0 Å². The number of hydrogen-bond acceptors (Lipinski definition) is 4. The molecule has 4 rings (SSSR count). The zero-order valence-corrected chi connectivity index (χ0v) is 17.6. The molecule has 0 saturated carbocycles. The van der Waals surface area contributed by atoms with Gasteiger partial charge in [0.25, 0.3) is 0 Å². The molecular formula is C25H29FN2O3. The quantitative estimate of drug-likeness (QED) is 0.693. The molecule has 2 aliphatic rings. The molecule has 0 bridgehead atoms. The summed E-state index contributed by atoms with van der Waals surface area (Å²) in [6.45, 7) is 3.76. The standard InChI is InChI=1S/C25H29FN2O3/c26-21-10-8-20(9-11-21)24(29)22-15-28(14-18-5-2-1-3-6-18)16-23(22)25(30)27-13-19-7-4-12-31-17-19/h1-3,5-6,8-11,19,22-23H,4,7,12-17H2,(H,27,30)/t19-,22-,23-/m1/s1. The van der Waals surface area contributed by atoms with Gasteiger partial charge in [0.15, 0.2) is 5.78 Å². The number of nitrogens with one attached hydrogen (secondary N) is 1. The van der Waals surface area contributed by atoms with Crippen LogP contribution in [0.25, 0.3) is 0 Å². The van der Waals surface area contributed by atoms with Crippen molar-refractivity contribution in [3.05, 3.63) is 71.5 Å². The van der Waals surface area contributed by atoms with Gasteiger partial charge >= 0.3 is 0 Å². The molecule has 0 aromatic heterocycles. The van der Waals surface area contributed by atoms with Gasteiger partial charge < -0.3 is 10.1 Å². The van der Waals surface area contributed by atoms with Crippen molar-refractivity contribution < 1.29 is 18.7 Å². The van der Waals surface area contributed by atoms with Gasteiger partial charge in [0, 0.05) is 44.3 Å². The van der Waals surface area contributed by atoms with E-state index in [2.05, 4.69) is 10.2 Å². The first-order valence-corrected chi connectivity index (χ1v) is 11.0. The molecule has 2 aliphatic heterocycles. The number of hydrogen-bond donors (Lipinski definition) is 1. The fourth-order valence-electron chi connectivity index (χ4n) is 4.56. The van der Waals surface area contributed by atoms with Gasteiger partial charge in [0.05, 0.1) is 12.5 Å². The lowest BCUT2D eigenvalue weighted by Crippen LogP contribution is -2.41. The van der Waals surface area contributed by atoms with Crippen molar-refractivity contribution in [2.24, 2.45) is 17.8 Å². The molecule has 5 nitrogen and oxygen atoms in total. The van der Waals surface area contributed by atoms with Crippen molar-refractivity contribution in [2.45, 2.75) is 19.4 Å². The average Bonchev–Trinajstić information content (AvgIpc) is 3.22. The third-order valence-corrected chi connectivity index (χ3v) is 6.27. The number of likely N-dealkylation sites (tertiary alicyclic amines) is 1. The van der Waals surface area contributed by atoms with Crippen molar-refractivity contribution in [1.82, 2.24) is 10.2 Å². The van der Waals surface area contributed by atoms with Gasteiger partial charge in [-0.2, -0.15) is 0 Å². The maximum absolute atomic E-state index is 13.3. The normalized spacial score (nSPS) is 24.1. The minimum atomic E-state index is -0.447. The minimum Gasteiger partial charge on any atom is -0.381 e. The highest BCUT2D eigenvalue weighted by Gasteiger charge is 2.42. The molecule has 164 valence electrons. The molecule has 31 heavy (non-hydrogen) atoms. The summed E-state index contributed by atoms with van der Waals surface area (Å²) in [6, 6.07) is 15.6. The lowest BCUT2D eigenvalue weighted by Gasteiger charge is -2.24. The van der Waals surface area contributed by atoms with Crippen LogP contribution in [0.4, 0.5) is 4.39 Å². The second-order valence-corrected chi connectivity index (χ2v) is 8.59. The van der Waals surface area contributed by atoms with E-state index in [1.807, 2.05) is 30.3 Å². The number of halogens is 1. The van der Waals surface area contributed by atoms with Crippen LogP contribution in [-0.4, -0.2) is 49.4 Å². The van der Waals surface area contributed by atoms with Crippen LogP contribution in [-0.2, 0) is 16.1 Å². The summed E-state index contributed by atoms with van der Waals surface area (Å²) in [4.78, 5) is 28.5. The number of nitrogens with zero attached hydrogens (tertiary/aromatic N) is 1. The van der Waals surface area contributed by atoms with Crippen molar-refractivity contribution in [1.29, 1.82) is 0 Å². The zero-order valence-electron chi connectivity index (χ0n) is 17.6. The Morgan fingerprint density at radius 2 is 1.77 bits per heavy atom. The SMILES string of the molecule is O=C(NC[C@H]1CCCOC1)[C@@H]1CN(Cc2ccccc2)C[C@H]1C(=O)c1ccc(F)cc1. The average molecular weight is 425 g/mol. The van der Waals surface area contributed by atoms with Crippen LogP contribution in [0.5, 0.6) is 0 Å². The molecule has 0 spiro atoms. The molecule has 3 atom stereocenters. The number of amides is 1. The van der Waals surface area contributed by atoms with E-state index >= 15 is 0 Å². The molecular weight excluding hydrogens is 395 g/mol. The van der Waals surface area contributed by atoms with Crippen molar-refractivity contribution in [3.63, 3.8) is 0 Å². The van der Waals surface area contributed by atoms with Crippen LogP contribution in [0, 0.1) is 23.6 Å². The third-order valence-electron chi connectivity index (χ3n) is 6.27. The number of benzene rings is 2. The van der Waals surface area contributed by atoms with E-state index < -0.39 is 11.8 Å². The molecule has 2 heterocycles. The van der Waals surface area contributed by atoms with Crippen LogP contribution in [0.15, 0.2) is 54.6 Å². The Labute approximate surface area is 182 Å².